The minimum atomic E-state index is 0.654. The van der Waals surface area contributed by atoms with Crippen LogP contribution >= 0.6 is 0 Å². The Morgan fingerprint density at radius 2 is 2.00 bits per heavy atom. The third-order valence-electron chi connectivity index (χ3n) is 3.70. The highest BCUT2D eigenvalue weighted by molar-refractivity contribution is 5.78. The minimum Gasteiger partial charge on any atom is -0.378 e. The highest BCUT2D eigenvalue weighted by atomic mass is 16.5. The van der Waals surface area contributed by atoms with Crippen LogP contribution in [-0.4, -0.2) is 56.8 Å². The van der Waals surface area contributed by atoms with Gasteiger partial charge in [0.2, 0.25) is 0 Å². The molecule has 0 aromatic heterocycles. The molecule has 0 saturated carbocycles. The second-order valence-corrected chi connectivity index (χ2v) is 5.11. The fourth-order valence-electron chi connectivity index (χ4n) is 2.46. The molecule has 0 amide bonds. The molecule has 0 spiro atoms. The van der Waals surface area contributed by atoms with Gasteiger partial charge in [0.25, 0.3) is 0 Å². The highest BCUT2D eigenvalue weighted by Gasteiger charge is 2.11. The normalized spacial score (nSPS) is 16.0. The highest BCUT2D eigenvalue weighted by Crippen LogP contribution is 2.12. The van der Waals surface area contributed by atoms with Crippen LogP contribution in [0, 0.1) is 0 Å². The van der Waals surface area contributed by atoms with E-state index in [-0.39, 0.29) is 0 Å². The monoisotopic (exact) mass is 290 g/mol. The molecule has 1 heterocycles. The van der Waals surface area contributed by atoms with E-state index in [9.17, 15) is 0 Å². The number of benzene rings is 1. The number of aliphatic imine (C=N–C) groups is 1. The van der Waals surface area contributed by atoms with Gasteiger partial charge in [-0.2, -0.15) is 0 Å². The van der Waals surface area contributed by atoms with Crippen molar-refractivity contribution in [2.24, 2.45) is 10.7 Å². The van der Waals surface area contributed by atoms with Gasteiger partial charge in [0.05, 0.1) is 13.2 Å². The largest absolute Gasteiger partial charge is 0.378 e. The summed E-state index contributed by atoms with van der Waals surface area (Å²) in [5, 5.41) is 0. The molecule has 2 rings (SSSR count). The van der Waals surface area contributed by atoms with Crippen LogP contribution in [0.25, 0.3) is 0 Å². The number of morpholine rings is 1. The summed E-state index contributed by atoms with van der Waals surface area (Å²) in [6.07, 6.45) is 1.01. The van der Waals surface area contributed by atoms with E-state index >= 15 is 0 Å². The van der Waals surface area contributed by atoms with Crippen molar-refractivity contribution in [1.82, 2.24) is 4.90 Å². The molecule has 1 aromatic rings. The van der Waals surface area contributed by atoms with Gasteiger partial charge in [-0.3, -0.25) is 4.99 Å². The molecule has 1 aliphatic rings. The van der Waals surface area contributed by atoms with Gasteiger partial charge in [-0.25, -0.2) is 0 Å². The molecule has 0 bridgehead atoms. The molecule has 1 aromatic carbocycles. The van der Waals surface area contributed by atoms with Gasteiger partial charge in [0, 0.05) is 38.4 Å². The first-order chi connectivity index (χ1) is 10.3. The maximum absolute atomic E-state index is 6.02. The lowest BCUT2D eigenvalue weighted by Crippen LogP contribution is -2.44. The quantitative estimate of drug-likeness (QED) is 0.491. The van der Waals surface area contributed by atoms with Gasteiger partial charge >= 0.3 is 0 Å². The van der Waals surface area contributed by atoms with Gasteiger partial charge in [0.15, 0.2) is 5.96 Å². The first-order valence-electron chi connectivity index (χ1n) is 7.74. The van der Waals surface area contributed by atoms with E-state index in [1.165, 1.54) is 5.69 Å². The summed E-state index contributed by atoms with van der Waals surface area (Å²) in [6.45, 7) is 8.14. The van der Waals surface area contributed by atoms with E-state index in [0.717, 1.165) is 52.4 Å². The van der Waals surface area contributed by atoms with E-state index in [0.29, 0.717) is 5.96 Å². The second-order valence-electron chi connectivity index (χ2n) is 5.11. The molecule has 0 radical (unpaired) electrons. The van der Waals surface area contributed by atoms with Crippen LogP contribution in [0.5, 0.6) is 0 Å². The number of nitrogens with two attached hydrogens (primary N) is 1. The maximum atomic E-state index is 6.02. The van der Waals surface area contributed by atoms with Crippen LogP contribution in [0.2, 0.25) is 0 Å². The molecule has 2 N–H and O–H groups in total. The van der Waals surface area contributed by atoms with Crippen molar-refractivity contribution in [3.05, 3.63) is 30.3 Å². The zero-order valence-electron chi connectivity index (χ0n) is 12.9. The van der Waals surface area contributed by atoms with Crippen LogP contribution in [-0.2, 0) is 4.74 Å². The minimum absolute atomic E-state index is 0.654. The van der Waals surface area contributed by atoms with E-state index < -0.39 is 0 Å². The number of ether oxygens (including phenoxy) is 1. The second kappa shape index (κ2) is 8.52. The standard InChI is InChI=1S/C16H26N4O/c1-2-19(15-7-4-3-5-8-15)10-6-9-18-16(17)20-11-13-21-14-12-20/h3-5,7-8H,2,6,9-14H2,1H3,(H2,17,18). The lowest BCUT2D eigenvalue weighted by Gasteiger charge is -2.27. The third kappa shape index (κ3) is 4.93. The topological polar surface area (TPSA) is 54.1 Å². The molecular formula is C16H26N4O. The summed E-state index contributed by atoms with van der Waals surface area (Å²) < 4.78 is 5.31. The summed E-state index contributed by atoms with van der Waals surface area (Å²) >= 11 is 0. The number of hydrogen-bond donors (Lipinski definition) is 1. The van der Waals surface area contributed by atoms with Crippen LogP contribution in [0.15, 0.2) is 35.3 Å². The molecule has 21 heavy (non-hydrogen) atoms. The van der Waals surface area contributed by atoms with Crippen molar-refractivity contribution in [1.29, 1.82) is 0 Å². The Balaban J connectivity index is 1.75. The molecule has 116 valence electrons. The molecule has 5 heteroatoms. The van der Waals surface area contributed by atoms with E-state index in [1.807, 2.05) is 6.07 Å². The fraction of sp³-hybridized carbons (Fsp3) is 0.562. The zero-order chi connectivity index (χ0) is 14.9. The molecule has 1 saturated heterocycles. The molecule has 0 aliphatic carbocycles. The average molecular weight is 290 g/mol. The van der Waals surface area contributed by atoms with Gasteiger partial charge in [0.1, 0.15) is 0 Å². The molecule has 1 aliphatic heterocycles. The first-order valence-corrected chi connectivity index (χ1v) is 7.74. The number of para-hydroxylation sites is 1. The van der Waals surface area contributed by atoms with E-state index in [4.69, 9.17) is 10.5 Å². The van der Waals surface area contributed by atoms with Gasteiger partial charge in [-0.1, -0.05) is 18.2 Å². The van der Waals surface area contributed by atoms with Crippen molar-refractivity contribution < 1.29 is 4.74 Å². The maximum Gasteiger partial charge on any atom is 0.191 e. The number of anilines is 1. The lowest BCUT2D eigenvalue weighted by atomic mass is 10.2. The molecule has 5 nitrogen and oxygen atoms in total. The number of guanidine groups is 1. The first kappa shape index (κ1) is 15.6. The zero-order valence-corrected chi connectivity index (χ0v) is 12.9. The molecule has 0 unspecified atom stereocenters. The Bertz CT molecular complexity index is 429. The van der Waals surface area contributed by atoms with Gasteiger partial charge in [-0.15, -0.1) is 0 Å². The smallest absolute Gasteiger partial charge is 0.191 e. The molecular weight excluding hydrogens is 264 g/mol. The van der Waals surface area contributed by atoms with Gasteiger partial charge < -0.3 is 20.3 Å². The van der Waals surface area contributed by atoms with Crippen molar-refractivity contribution in [3.8, 4) is 0 Å². The Kier molecular flexibility index (Phi) is 6.34. The van der Waals surface area contributed by atoms with Crippen LogP contribution < -0.4 is 10.6 Å². The Labute approximate surface area is 127 Å². The van der Waals surface area contributed by atoms with Crippen molar-refractivity contribution in [2.75, 3.05) is 50.8 Å². The van der Waals surface area contributed by atoms with E-state index in [2.05, 4.69) is 46.0 Å². The molecule has 0 atom stereocenters. The van der Waals surface area contributed by atoms with Crippen molar-refractivity contribution in [3.63, 3.8) is 0 Å². The SMILES string of the molecule is CCN(CCCN=C(N)N1CCOCC1)c1ccccc1. The number of nitrogens with zero attached hydrogens (tertiary/aromatic N) is 3. The fourth-order valence-corrected chi connectivity index (χ4v) is 2.46. The Hall–Kier alpha value is -1.75. The van der Waals surface area contributed by atoms with Gasteiger partial charge in [-0.05, 0) is 25.5 Å². The third-order valence-corrected chi connectivity index (χ3v) is 3.70. The summed E-state index contributed by atoms with van der Waals surface area (Å²) in [7, 11) is 0. The van der Waals surface area contributed by atoms with Crippen molar-refractivity contribution in [2.45, 2.75) is 13.3 Å². The Morgan fingerprint density at radius 1 is 1.29 bits per heavy atom. The van der Waals surface area contributed by atoms with Crippen LogP contribution in [0.4, 0.5) is 5.69 Å². The average Bonchev–Trinajstić information content (AvgIpc) is 2.56. The van der Waals surface area contributed by atoms with Crippen molar-refractivity contribution >= 4 is 11.6 Å². The summed E-state index contributed by atoms with van der Waals surface area (Å²) in [5.41, 5.74) is 7.28. The predicted octanol–water partition coefficient (Wildman–Crippen LogP) is 1.55. The summed E-state index contributed by atoms with van der Waals surface area (Å²) in [5.74, 6) is 0.654. The lowest BCUT2D eigenvalue weighted by molar-refractivity contribution is 0.0674. The molecule has 1 fully saturated rings. The Morgan fingerprint density at radius 3 is 2.67 bits per heavy atom. The van der Waals surface area contributed by atoms with E-state index in [1.54, 1.807) is 0 Å². The summed E-state index contributed by atoms with van der Waals surface area (Å²) in [6, 6.07) is 10.5. The van der Waals surface area contributed by atoms with Crippen LogP contribution in [0.3, 0.4) is 0 Å². The van der Waals surface area contributed by atoms with Crippen LogP contribution in [0.1, 0.15) is 13.3 Å². The number of rotatable bonds is 6. The number of hydrogen-bond acceptors (Lipinski definition) is 3. The predicted molar refractivity (Wildman–Crippen MR) is 87.8 cm³/mol. The summed E-state index contributed by atoms with van der Waals surface area (Å²) in [4.78, 5) is 8.94.